The van der Waals surface area contributed by atoms with Gasteiger partial charge in [-0.1, -0.05) is 6.92 Å². The molecule has 25 heavy (non-hydrogen) atoms. The van der Waals surface area contributed by atoms with Crippen molar-refractivity contribution in [2.45, 2.75) is 38.9 Å². The molecule has 0 bridgehead atoms. The second kappa shape index (κ2) is 7.42. The maximum Gasteiger partial charge on any atom is 0.393 e. The van der Waals surface area contributed by atoms with Crippen LogP contribution in [0.5, 0.6) is 0 Å². The number of nitrogens with one attached hydrogen (secondary N) is 1. The van der Waals surface area contributed by atoms with Crippen molar-refractivity contribution in [3.05, 3.63) is 26.4 Å². The Labute approximate surface area is 141 Å². The van der Waals surface area contributed by atoms with Crippen LogP contribution in [0.4, 0.5) is 19.0 Å². The maximum absolute atomic E-state index is 12.9. The summed E-state index contributed by atoms with van der Waals surface area (Å²) in [5.74, 6) is -2.42. The van der Waals surface area contributed by atoms with Gasteiger partial charge in [-0.25, -0.2) is 4.79 Å². The molecule has 140 valence electrons. The van der Waals surface area contributed by atoms with Crippen molar-refractivity contribution in [3.8, 4) is 0 Å². The molecule has 1 saturated heterocycles. The first kappa shape index (κ1) is 19.2. The van der Waals surface area contributed by atoms with Crippen molar-refractivity contribution in [3.63, 3.8) is 0 Å². The fourth-order valence-electron chi connectivity index (χ4n) is 3.05. The van der Waals surface area contributed by atoms with Crippen molar-refractivity contribution < 1.29 is 18.0 Å². The standard InChI is InChI=1S/C15H21F3N4O3/c1-2-5-22-12(19)11(13(24)20-14(22)25)10(23)8-21-6-3-4-9(7-21)15(16,17)18/h9H,2-8,19H2,1H3,(H,20,24,25). The van der Waals surface area contributed by atoms with E-state index in [-0.39, 0.29) is 37.4 Å². The van der Waals surface area contributed by atoms with E-state index in [0.29, 0.717) is 19.4 Å². The van der Waals surface area contributed by atoms with Gasteiger partial charge in [0.25, 0.3) is 5.56 Å². The van der Waals surface area contributed by atoms with Crippen molar-refractivity contribution in [1.29, 1.82) is 0 Å². The van der Waals surface area contributed by atoms with Gasteiger partial charge in [-0.2, -0.15) is 13.2 Å². The van der Waals surface area contributed by atoms with Crippen LogP contribution in [-0.2, 0) is 6.54 Å². The average Bonchev–Trinajstić information content (AvgIpc) is 2.50. The zero-order valence-corrected chi connectivity index (χ0v) is 13.9. The largest absolute Gasteiger partial charge is 0.393 e. The van der Waals surface area contributed by atoms with Crippen LogP contribution in [0.1, 0.15) is 36.5 Å². The van der Waals surface area contributed by atoms with Gasteiger partial charge in [-0.3, -0.25) is 24.0 Å². The highest BCUT2D eigenvalue weighted by atomic mass is 19.4. The molecule has 0 saturated carbocycles. The lowest BCUT2D eigenvalue weighted by Crippen LogP contribution is -2.45. The molecule has 1 fully saturated rings. The number of likely N-dealkylation sites (tertiary alicyclic amines) is 1. The molecule has 0 spiro atoms. The predicted molar refractivity (Wildman–Crippen MR) is 85.6 cm³/mol. The van der Waals surface area contributed by atoms with E-state index >= 15 is 0 Å². The molecule has 3 N–H and O–H groups in total. The Bertz CT molecular complexity index is 754. The Balaban J connectivity index is 2.23. The molecule has 1 aliphatic heterocycles. The second-order valence-corrected chi connectivity index (χ2v) is 6.21. The molecule has 0 radical (unpaired) electrons. The molecule has 0 amide bonds. The number of H-pyrrole nitrogens is 1. The molecule has 2 rings (SSSR count). The number of hydrogen-bond donors (Lipinski definition) is 2. The minimum atomic E-state index is -4.31. The number of rotatable bonds is 5. The molecule has 1 unspecified atom stereocenters. The van der Waals surface area contributed by atoms with Crippen LogP contribution in [0.25, 0.3) is 0 Å². The molecule has 2 heterocycles. The summed E-state index contributed by atoms with van der Waals surface area (Å²) >= 11 is 0. The third-order valence-electron chi connectivity index (χ3n) is 4.30. The number of aromatic nitrogens is 2. The Morgan fingerprint density at radius 3 is 2.64 bits per heavy atom. The molecule has 0 aliphatic carbocycles. The summed E-state index contributed by atoms with van der Waals surface area (Å²) in [5.41, 5.74) is 3.80. The SMILES string of the molecule is CCCn1c(N)c(C(=O)CN2CCCC(C(F)(F)F)C2)c(=O)[nH]c1=O. The molecular formula is C15H21F3N4O3. The summed E-state index contributed by atoms with van der Waals surface area (Å²) < 4.78 is 39.7. The lowest BCUT2D eigenvalue weighted by molar-refractivity contribution is -0.186. The van der Waals surface area contributed by atoms with Gasteiger partial charge < -0.3 is 5.73 Å². The van der Waals surface area contributed by atoms with Gasteiger partial charge in [-0.05, 0) is 25.8 Å². The summed E-state index contributed by atoms with van der Waals surface area (Å²) in [6.07, 6.45) is -3.41. The zero-order chi connectivity index (χ0) is 18.8. The van der Waals surface area contributed by atoms with Crippen molar-refractivity contribution >= 4 is 11.6 Å². The Kier molecular flexibility index (Phi) is 5.71. The number of anilines is 1. The highest BCUT2D eigenvalue weighted by Gasteiger charge is 2.42. The van der Waals surface area contributed by atoms with E-state index in [0.717, 1.165) is 4.57 Å². The summed E-state index contributed by atoms with van der Waals surface area (Å²) in [4.78, 5) is 39.6. The molecular weight excluding hydrogens is 341 g/mol. The van der Waals surface area contributed by atoms with E-state index in [2.05, 4.69) is 0 Å². The van der Waals surface area contributed by atoms with Crippen LogP contribution in [0.15, 0.2) is 9.59 Å². The van der Waals surface area contributed by atoms with Crippen LogP contribution in [0.2, 0.25) is 0 Å². The third-order valence-corrected chi connectivity index (χ3v) is 4.30. The number of Topliss-reactive ketones (excluding diaryl/α,β-unsaturated/α-hetero) is 1. The van der Waals surface area contributed by atoms with Crippen molar-refractivity contribution in [2.75, 3.05) is 25.4 Å². The molecule has 10 heteroatoms. The number of nitrogen functional groups attached to an aromatic ring is 1. The normalized spacial score (nSPS) is 19.1. The number of alkyl halides is 3. The quantitative estimate of drug-likeness (QED) is 0.761. The second-order valence-electron chi connectivity index (χ2n) is 6.21. The first-order chi connectivity index (χ1) is 11.6. The van der Waals surface area contributed by atoms with E-state index in [1.54, 1.807) is 6.92 Å². The first-order valence-corrected chi connectivity index (χ1v) is 8.10. The Morgan fingerprint density at radius 2 is 2.04 bits per heavy atom. The number of hydrogen-bond acceptors (Lipinski definition) is 5. The number of aromatic amines is 1. The average molecular weight is 362 g/mol. The van der Waals surface area contributed by atoms with Crippen LogP contribution >= 0.6 is 0 Å². The Morgan fingerprint density at radius 1 is 1.36 bits per heavy atom. The van der Waals surface area contributed by atoms with Crippen LogP contribution in [-0.4, -0.2) is 46.0 Å². The van der Waals surface area contributed by atoms with Gasteiger partial charge in [0.1, 0.15) is 11.4 Å². The van der Waals surface area contributed by atoms with E-state index in [1.165, 1.54) is 4.90 Å². The van der Waals surface area contributed by atoms with Crippen LogP contribution < -0.4 is 17.0 Å². The van der Waals surface area contributed by atoms with Crippen molar-refractivity contribution in [1.82, 2.24) is 14.5 Å². The lowest BCUT2D eigenvalue weighted by Gasteiger charge is -2.33. The number of halogens is 3. The van der Waals surface area contributed by atoms with E-state index in [1.807, 2.05) is 4.98 Å². The number of nitrogens with zero attached hydrogens (tertiary/aromatic N) is 2. The Hall–Kier alpha value is -2.10. The number of carbonyl (C=O) groups is 1. The fourth-order valence-corrected chi connectivity index (χ4v) is 3.05. The molecule has 1 aliphatic rings. The van der Waals surface area contributed by atoms with E-state index in [9.17, 15) is 27.6 Å². The molecule has 1 aromatic heterocycles. The molecule has 7 nitrogen and oxygen atoms in total. The summed E-state index contributed by atoms with van der Waals surface area (Å²) in [7, 11) is 0. The number of carbonyl (C=O) groups excluding carboxylic acids is 1. The number of ketones is 1. The maximum atomic E-state index is 12.9. The first-order valence-electron chi connectivity index (χ1n) is 8.10. The topological polar surface area (TPSA) is 101 Å². The third kappa shape index (κ3) is 4.30. The summed E-state index contributed by atoms with van der Waals surface area (Å²) in [6, 6.07) is 0. The van der Waals surface area contributed by atoms with Crippen LogP contribution in [0, 0.1) is 5.92 Å². The van der Waals surface area contributed by atoms with Gasteiger partial charge in [0.05, 0.1) is 12.5 Å². The highest BCUT2D eigenvalue weighted by molar-refractivity contribution is 6.01. The van der Waals surface area contributed by atoms with Gasteiger partial charge in [-0.15, -0.1) is 0 Å². The lowest BCUT2D eigenvalue weighted by atomic mass is 9.97. The van der Waals surface area contributed by atoms with Gasteiger partial charge in [0.2, 0.25) is 0 Å². The highest BCUT2D eigenvalue weighted by Crippen LogP contribution is 2.33. The molecule has 1 atom stereocenters. The smallest absolute Gasteiger partial charge is 0.384 e. The van der Waals surface area contributed by atoms with E-state index < -0.39 is 29.1 Å². The van der Waals surface area contributed by atoms with Crippen molar-refractivity contribution in [2.24, 2.45) is 5.92 Å². The molecule has 1 aromatic rings. The van der Waals surface area contributed by atoms with Gasteiger partial charge in [0.15, 0.2) is 5.78 Å². The molecule has 0 aromatic carbocycles. The predicted octanol–water partition coefficient (Wildman–Crippen LogP) is 0.986. The zero-order valence-electron chi connectivity index (χ0n) is 13.9. The van der Waals surface area contributed by atoms with Crippen LogP contribution in [0.3, 0.4) is 0 Å². The summed E-state index contributed by atoms with van der Waals surface area (Å²) in [5, 5.41) is 0. The minimum absolute atomic E-state index is 0.0261. The monoisotopic (exact) mass is 362 g/mol. The van der Waals surface area contributed by atoms with E-state index in [4.69, 9.17) is 5.73 Å². The van der Waals surface area contributed by atoms with Gasteiger partial charge >= 0.3 is 11.9 Å². The number of piperidine rings is 1. The van der Waals surface area contributed by atoms with Gasteiger partial charge in [0, 0.05) is 13.1 Å². The summed E-state index contributed by atoms with van der Waals surface area (Å²) in [6.45, 7) is 1.72. The number of nitrogens with two attached hydrogens (primary N) is 1. The minimum Gasteiger partial charge on any atom is -0.384 e. The fraction of sp³-hybridized carbons (Fsp3) is 0.667.